The maximum Gasteiger partial charge on any atom is 0.259 e. The molecule has 1 aliphatic carbocycles. The molecule has 1 amide bonds. The molecule has 1 unspecified atom stereocenters. The van der Waals surface area contributed by atoms with Crippen LogP contribution in [0.15, 0.2) is 53.2 Å². The molecule has 8 heteroatoms. The number of carbonyl (C=O) groups is 1. The second-order valence-corrected chi connectivity index (χ2v) is 7.81. The van der Waals surface area contributed by atoms with Gasteiger partial charge in [-0.05, 0) is 25.0 Å². The fourth-order valence-corrected chi connectivity index (χ4v) is 3.86. The Morgan fingerprint density at radius 2 is 2.10 bits per heavy atom. The molecule has 1 aliphatic rings. The van der Waals surface area contributed by atoms with Crippen molar-refractivity contribution in [3.63, 3.8) is 0 Å². The van der Waals surface area contributed by atoms with Crippen molar-refractivity contribution in [1.82, 2.24) is 25.2 Å². The summed E-state index contributed by atoms with van der Waals surface area (Å²) in [6, 6.07) is 13.1. The highest BCUT2D eigenvalue weighted by molar-refractivity contribution is 6.09. The molecule has 1 aromatic carbocycles. The number of carbonyl (C=O) groups excluding carboxylic acids is 1. The Morgan fingerprint density at radius 3 is 2.77 bits per heavy atom. The first-order chi connectivity index (χ1) is 15.2. The van der Waals surface area contributed by atoms with E-state index in [0.717, 1.165) is 29.8 Å². The summed E-state index contributed by atoms with van der Waals surface area (Å²) in [7, 11) is 3.45. The van der Waals surface area contributed by atoms with Crippen molar-refractivity contribution in [2.24, 2.45) is 7.05 Å². The van der Waals surface area contributed by atoms with E-state index in [1.54, 1.807) is 18.0 Å². The van der Waals surface area contributed by atoms with Gasteiger partial charge in [0.1, 0.15) is 5.69 Å². The van der Waals surface area contributed by atoms with Gasteiger partial charge in [-0.2, -0.15) is 5.10 Å². The number of pyridine rings is 1. The summed E-state index contributed by atoms with van der Waals surface area (Å²) >= 11 is 0. The molecule has 8 nitrogen and oxygen atoms in total. The minimum absolute atomic E-state index is 0.224. The van der Waals surface area contributed by atoms with Gasteiger partial charge >= 0.3 is 0 Å². The van der Waals surface area contributed by atoms with E-state index in [0.29, 0.717) is 34.9 Å². The smallest absolute Gasteiger partial charge is 0.259 e. The SMILES string of the molecule is COCC(NC(=O)c1cc(C2CC2)nc2onc(-c3ccccc3)c12)c1ccnn1C. The average molecular weight is 417 g/mol. The molecule has 3 heterocycles. The lowest BCUT2D eigenvalue weighted by molar-refractivity contribution is 0.0893. The van der Waals surface area contributed by atoms with Crippen LogP contribution in [0.2, 0.25) is 0 Å². The van der Waals surface area contributed by atoms with Crippen LogP contribution in [0.3, 0.4) is 0 Å². The molecule has 4 aromatic rings. The topological polar surface area (TPSA) is 95.1 Å². The maximum atomic E-state index is 13.5. The highest BCUT2D eigenvalue weighted by atomic mass is 16.5. The molecule has 5 rings (SSSR count). The van der Waals surface area contributed by atoms with Crippen LogP contribution in [0.5, 0.6) is 0 Å². The Labute approximate surface area is 179 Å². The van der Waals surface area contributed by atoms with E-state index in [2.05, 4.69) is 20.6 Å². The Balaban J connectivity index is 1.59. The molecule has 1 fully saturated rings. The fourth-order valence-electron chi connectivity index (χ4n) is 3.86. The molecule has 0 aliphatic heterocycles. The molecule has 1 saturated carbocycles. The van der Waals surface area contributed by atoms with E-state index in [9.17, 15) is 4.79 Å². The molecular weight excluding hydrogens is 394 g/mol. The van der Waals surface area contributed by atoms with Crippen molar-refractivity contribution in [2.45, 2.75) is 24.8 Å². The first-order valence-electron chi connectivity index (χ1n) is 10.3. The lowest BCUT2D eigenvalue weighted by atomic mass is 10.0. The van der Waals surface area contributed by atoms with Gasteiger partial charge in [0, 0.05) is 37.5 Å². The van der Waals surface area contributed by atoms with Crippen LogP contribution in [-0.2, 0) is 11.8 Å². The van der Waals surface area contributed by atoms with Crippen LogP contribution in [0.1, 0.15) is 46.5 Å². The predicted octanol–water partition coefficient (Wildman–Crippen LogP) is 3.62. The quantitative estimate of drug-likeness (QED) is 0.494. The highest BCUT2D eigenvalue weighted by Gasteiger charge is 2.30. The van der Waals surface area contributed by atoms with E-state index >= 15 is 0 Å². The van der Waals surface area contributed by atoms with Gasteiger partial charge in [0.15, 0.2) is 0 Å². The average Bonchev–Trinajstić information content (AvgIpc) is 3.41. The van der Waals surface area contributed by atoms with Gasteiger partial charge in [-0.1, -0.05) is 35.5 Å². The summed E-state index contributed by atoms with van der Waals surface area (Å²) in [6.07, 6.45) is 3.84. The number of methoxy groups -OCH3 is 1. The summed E-state index contributed by atoms with van der Waals surface area (Å²) in [5.74, 6) is 0.144. The van der Waals surface area contributed by atoms with E-state index in [-0.39, 0.29) is 11.9 Å². The van der Waals surface area contributed by atoms with Gasteiger partial charge in [0.2, 0.25) is 0 Å². The predicted molar refractivity (Wildman–Crippen MR) is 115 cm³/mol. The summed E-state index contributed by atoms with van der Waals surface area (Å²) in [5, 5.41) is 12.2. The minimum Gasteiger partial charge on any atom is -0.382 e. The van der Waals surface area contributed by atoms with Crippen molar-refractivity contribution in [2.75, 3.05) is 13.7 Å². The number of benzene rings is 1. The molecule has 0 saturated heterocycles. The first kappa shape index (κ1) is 19.4. The number of hydrogen-bond acceptors (Lipinski definition) is 6. The third kappa shape index (κ3) is 3.70. The van der Waals surface area contributed by atoms with Gasteiger partial charge in [0.05, 0.1) is 29.3 Å². The van der Waals surface area contributed by atoms with Crippen LogP contribution in [0.4, 0.5) is 0 Å². The largest absolute Gasteiger partial charge is 0.382 e. The zero-order chi connectivity index (χ0) is 21.4. The summed E-state index contributed by atoms with van der Waals surface area (Å²) in [5.41, 5.74) is 4.11. The third-order valence-corrected chi connectivity index (χ3v) is 5.61. The minimum atomic E-state index is -0.349. The van der Waals surface area contributed by atoms with Crippen LogP contribution < -0.4 is 5.32 Å². The second kappa shape index (κ2) is 7.96. The Kier molecular flexibility index (Phi) is 4.99. The van der Waals surface area contributed by atoms with Gasteiger partial charge in [-0.25, -0.2) is 4.98 Å². The van der Waals surface area contributed by atoms with Crippen LogP contribution in [0, 0.1) is 0 Å². The van der Waals surface area contributed by atoms with Crippen molar-refractivity contribution < 1.29 is 14.1 Å². The van der Waals surface area contributed by atoms with Crippen molar-refractivity contribution in [3.8, 4) is 11.3 Å². The number of hydrogen-bond donors (Lipinski definition) is 1. The van der Waals surface area contributed by atoms with Crippen LogP contribution in [-0.4, -0.2) is 39.5 Å². The molecule has 3 aromatic heterocycles. The van der Waals surface area contributed by atoms with Gasteiger partial charge in [-0.3, -0.25) is 9.48 Å². The van der Waals surface area contributed by atoms with Gasteiger partial charge in [-0.15, -0.1) is 0 Å². The molecular formula is C23H23N5O3. The van der Waals surface area contributed by atoms with Gasteiger partial charge in [0.25, 0.3) is 11.6 Å². The van der Waals surface area contributed by atoms with Crippen molar-refractivity contribution >= 4 is 17.0 Å². The zero-order valence-corrected chi connectivity index (χ0v) is 17.4. The Morgan fingerprint density at radius 1 is 1.29 bits per heavy atom. The zero-order valence-electron chi connectivity index (χ0n) is 17.4. The second-order valence-electron chi connectivity index (χ2n) is 7.81. The monoisotopic (exact) mass is 417 g/mol. The number of rotatable bonds is 7. The molecule has 158 valence electrons. The van der Waals surface area contributed by atoms with Crippen LogP contribution in [0.25, 0.3) is 22.4 Å². The van der Waals surface area contributed by atoms with E-state index in [1.807, 2.05) is 49.5 Å². The maximum absolute atomic E-state index is 13.5. The molecule has 0 spiro atoms. The number of aromatic nitrogens is 4. The standard InChI is InChI=1S/C23H23N5O3/c1-28-19(10-11-24-28)18(13-30-2)25-22(29)16-12-17(14-8-9-14)26-23-20(16)21(27-31-23)15-6-4-3-5-7-15/h3-7,10-12,14,18H,8-9,13H2,1-2H3,(H,25,29). The summed E-state index contributed by atoms with van der Waals surface area (Å²) < 4.78 is 12.7. The summed E-state index contributed by atoms with van der Waals surface area (Å²) in [6.45, 7) is 0.324. The fraction of sp³-hybridized carbons (Fsp3) is 0.304. The molecule has 0 bridgehead atoms. The highest BCUT2D eigenvalue weighted by Crippen LogP contribution is 2.41. The summed E-state index contributed by atoms with van der Waals surface area (Å²) in [4.78, 5) is 18.2. The van der Waals surface area contributed by atoms with Gasteiger partial charge < -0.3 is 14.6 Å². The third-order valence-electron chi connectivity index (χ3n) is 5.61. The number of ether oxygens (including phenoxy) is 1. The van der Waals surface area contributed by atoms with Crippen molar-refractivity contribution in [3.05, 3.63) is 65.6 Å². The number of nitrogens with one attached hydrogen (secondary N) is 1. The Hall–Kier alpha value is -3.52. The molecule has 0 radical (unpaired) electrons. The van der Waals surface area contributed by atoms with Crippen LogP contribution >= 0.6 is 0 Å². The van der Waals surface area contributed by atoms with Crippen molar-refractivity contribution in [1.29, 1.82) is 0 Å². The molecule has 1 atom stereocenters. The first-order valence-corrected chi connectivity index (χ1v) is 10.3. The lowest BCUT2D eigenvalue weighted by Crippen LogP contribution is -2.33. The molecule has 1 N–H and O–H groups in total. The number of aryl methyl sites for hydroxylation is 1. The van der Waals surface area contributed by atoms with E-state index < -0.39 is 0 Å². The Bertz CT molecular complexity index is 1230. The lowest BCUT2D eigenvalue weighted by Gasteiger charge is -2.19. The normalized spacial score (nSPS) is 14.6. The van der Waals surface area contributed by atoms with E-state index in [4.69, 9.17) is 9.26 Å². The molecule has 31 heavy (non-hydrogen) atoms. The van der Waals surface area contributed by atoms with E-state index in [1.165, 1.54) is 0 Å². The number of nitrogens with zero attached hydrogens (tertiary/aromatic N) is 4. The number of fused-ring (bicyclic) bond motifs is 1. The number of amides is 1.